The molecule has 1 atom stereocenters. The van der Waals surface area contributed by atoms with E-state index in [4.69, 9.17) is 5.73 Å². The van der Waals surface area contributed by atoms with Crippen molar-refractivity contribution < 1.29 is 4.57 Å². The van der Waals surface area contributed by atoms with Crippen molar-refractivity contribution in [2.75, 3.05) is 36.5 Å². The molecule has 35 heavy (non-hydrogen) atoms. The van der Waals surface area contributed by atoms with E-state index in [1.807, 2.05) is 36.6 Å². The summed E-state index contributed by atoms with van der Waals surface area (Å²) in [7, 11) is -2.79. The van der Waals surface area contributed by atoms with E-state index >= 15 is 0 Å². The summed E-state index contributed by atoms with van der Waals surface area (Å²) in [6.07, 6.45) is 6.48. The van der Waals surface area contributed by atoms with Gasteiger partial charge in [-0.2, -0.15) is 10.5 Å². The molecule has 0 amide bonds. The minimum atomic E-state index is -2.79. The van der Waals surface area contributed by atoms with Gasteiger partial charge in [0.1, 0.15) is 24.4 Å². The number of hydrogen-bond acceptors (Lipinski definition) is 9. The van der Waals surface area contributed by atoms with Gasteiger partial charge in [0.25, 0.3) is 0 Å². The zero-order valence-electron chi connectivity index (χ0n) is 19.4. The molecule has 3 N–H and O–H groups in total. The van der Waals surface area contributed by atoms with E-state index < -0.39 is 7.14 Å². The molecule has 176 valence electrons. The molecule has 0 aliphatic carbocycles. The maximum absolute atomic E-state index is 14.1. The Kier molecular flexibility index (Phi) is 5.55. The third-order valence-electron chi connectivity index (χ3n) is 6.42. The van der Waals surface area contributed by atoms with E-state index in [2.05, 4.69) is 32.5 Å². The summed E-state index contributed by atoms with van der Waals surface area (Å²) >= 11 is 0. The molecule has 4 aromatic rings. The van der Waals surface area contributed by atoms with Crippen molar-refractivity contribution >= 4 is 40.6 Å². The number of pyridine rings is 1. The van der Waals surface area contributed by atoms with Crippen LogP contribution in [0.2, 0.25) is 0 Å². The van der Waals surface area contributed by atoms with E-state index in [1.54, 1.807) is 23.2 Å². The number of benzene rings is 1. The molecule has 3 aromatic heterocycles. The lowest BCUT2D eigenvalue weighted by Crippen LogP contribution is -2.34. The van der Waals surface area contributed by atoms with Gasteiger partial charge in [-0.05, 0) is 43.7 Å². The largest absolute Gasteiger partial charge is 0.399 e. The van der Waals surface area contributed by atoms with Crippen LogP contribution in [0, 0.1) is 29.7 Å². The molecule has 11 heteroatoms. The second-order valence-electron chi connectivity index (χ2n) is 8.80. The highest BCUT2D eigenvalue weighted by Crippen LogP contribution is 2.48. The Morgan fingerprint density at radius 1 is 1.14 bits per heavy atom. The maximum atomic E-state index is 14.1. The SMILES string of the molecule is Cc1nc(N[C@H](C)c2cc(N)cc(C#N)c2)c2cc(P3(=O)CCN(C#N)CC3)c3nccn3c2n1. The second kappa shape index (κ2) is 8.57. The molecular formula is C24H24N9OP. The fraction of sp³-hybridized carbons (Fsp3) is 0.292. The van der Waals surface area contributed by atoms with E-state index in [1.165, 1.54) is 0 Å². The highest BCUT2D eigenvalue weighted by molar-refractivity contribution is 7.72. The van der Waals surface area contributed by atoms with Crippen LogP contribution in [-0.4, -0.2) is 49.7 Å². The molecule has 0 bridgehead atoms. The zero-order chi connectivity index (χ0) is 24.7. The number of aromatic nitrogens is 4. The zero-order valence-corrected chi connectivity index (χ0v) is 20.3. The van der Waals surface area contributed by atoms with Crippen LogP contribution in [0.25, 0.3) is 16.7 Å². The average Bonchev–Trinajstić information content (AvgIpc) is 3.34. The van der Waals surface area contributed by atoms with Crippen molar-refractivity contribution in [1.82, 2.24) is 24.3 Å². The molecule has 4 heterocycles. The van der Waals surface area contributed by atoms with Gasteiger partial charge in [0, 0.05) is 43.5 Å². The van der Waals surface area contributed by atoms with Gasteiger partial charge in [-0.3, -0.25) is 4.40 Å². The lowest BCUT2D eigenvalue weighted by atomic mass is 10.0. The summed E-state index contributed by atoms with van der Waals surface area (Å²) in [5.74, 6) is 1.18. The Morgan fingerprint density at radius 3 is 2.63 bits per heavy atom. The average molecular weight is 485 g/mol. The summed E-state index contributed by atoms with van der Waals surface area (Å²) in [6, 6.07) is 9.09. The lowest BCUT2D eigenvalue weighted by Gasteiger charge is -2.29. The van der Waals surface area contributed by atoms with Crippen LogP contribution >= 0.6 is 7.14 Å². The van der Waals surface area contributed by atoms with Gasteiger partial charge in [-0.1, -0.05) is 0 Å². The number of imidazole rings is 1. The normalized spacial score (nSPS) is 16.1. The molecule has 0 saturated carbocycles. The predicted molar refractivity (Wildman–Crippen MR) is 135 cm³/mol. The molecule has 1 saturated heterocycles. The van der Waals surface area contributed by atoms with Crippen LogP contribution in [0.3, 0.4) is 0 Å². The topological polar surface area (TPSA) is 149 Å². The Labute approximate surface area is 202 Å². The Morgan fingerprint density at radius 2 is 1.91 bits per heavy atom. The van der Waals surface area contributed by atoms with Crippen LogP contribution in [0.1, 0.15) is 29.9 Å². The van der Waals surface area contributed by atoms with Crippen LogP contribution in [-0.2, 0) is 4.57 Å². The van der Waals surface area contributed by atoms with Gasteiger partial charge >= 0.3 is 0 Å². The maximum Gasteiger partial charge on any atom is 0.179 e. The van der Waals surface area contributed by atoms with E-state index in [0.717, 1.165) is 10.9 Å². The third-order valence-corrected chi connectivity index (χ3v) is 9.47. The van der Waals surface area contributed by atoms with Gasteiger partial charge in [0.2, 0.25) is 0 Å². The highest BCUT2D eigenvalue weighted by Gasteiger charge is 2.33. The first kappa shape index (κ1) is 22.6. The summed E-state index contributed by atoms with van der Waals surface area (Å²) in [5.41, 5.74) is 9.14. The number of nitrogens with zero attached hydrogens (tertiary/aromatic N) is 7. The third kappa shape index (κ3) is 4.03. The van der Waals surface area contributed by atoms with Gasteiger partial charge < -0.3 is 20.5 Å². The molecule has 1 aromatic carbocycles. The van der Waals surface area contributed by atoms with Crippen molar-refractivity contribution in [3.05, 3.63) is 53.6 Å². The Hall–Kier alpha value is -4.14. The number of nitrogen functional groups attached to an aromatic ring is 1. The van der Waals surface area contributed by atoms with E-state index in [-0.39, 0.29) is 6.04 Å². The van der Waals surface area contributed by atoms with Crippen molar-refractivity contribution in [2.24, 2.45) is 0 Å². The molecule has 5 rings (SSSR count). The summed E-state index contributed by atoms with van der Waals surface area (Å²) in [6.45, 7) is 4.71. The van der Waals surface area contributed by atoms with E-state index in [0.29, 0.717) is 64.9 Å². The molecule has 0 unspecified atom stereocenters. The fourth-order valence-corrected chi connectivity index (χ4v) is 7.30. The number of hydrogen-bond donors (Lipinski definition) is 2. The lowest BCUT2D eigenvalue weighted by molar-refractivity contribution is 0.419. The number of fused-ring (bicyclic) bond motifs is 3. The smallest absolute Gasteiger partial charge is 0.179 e. The minimum Gasteiger partial charge on any atom is -0.399 e. The van der Waals surface area contributed by atoms with Gasteiger partial charge in [-0.15, -0.1) is 0 Å². The Bertz CT molecular complexity index is 1580. The van der Waals surface area contributed by atoms with Crippen molar-refractivity contribution in [2.45, 2.75) is 19.9 Å². The molecule has 10 nitrogen and oxygen atoms in total. The number of anilines is 2. The van der Waals surface area contributed by atoms with Crippen molar-refractivity contribution in [1.29, 1.82) is 10.5 Å². The molecule has 1 aliphatic rings. The first-order chi connectivity index (χ1) is 16.8. The number of rotatable bonds is 4. The van der Waals surface area contributed by atoms with Gasteiger partial charge in [0.15, 0.2) is 11.8 Å². The van der Waals surface area contributed by atoms with Crippen molar-refractivity contribution in [3.8, 4) is 12.3 Å². The summed E-state index contributed by atoms with van der Waals surface area (Å²) < 4.78 is 15.9. The van der Waals surface area contributed by atoms with Gasteiger partial charge in [0.05, 0.1) is 28.4 Å². The summed E-state index contributed by atoms with van der Waals surface area (Å²) in [5, 5.41) is 23.4. The standard InChI is InChI=1S/C24H24N9OP/c1-15(18-9-17(13-25)10-19(27)11-18)29-22-20-12-21(35(34)7-5-32(14-26)6-8-35)24-28-3-4-33(24)23(20)31-16(2)30-22/h3-4,9-12,15H,5-8,27H2,1-2H3,(H,29,30,31)/t15-/m1/s1. The first-order valence-electron chi connectivity index (χ1n) is 11.3. The Balaban J connectivity index is 1.64. The predicted octanol–water partition coefficient (Wildman–Crippen LogP) is 3.00. The monoisotopic (exact) mass is 485 g/mol. The highest BCUT2D eigenvalue weighted by atomic mass is 31.2. The summed E-state index contributed by atoms with van der Waals surface area (Å²) in [4.78, 5) is 15.5. The molecule has 0 spiro atoms. The fourth-order valence-electron chi connectivity index (χ4n) is 4.57. The number of nitriles is 2. The molecular weight excluding hydrogens is 461 g/mol. The van der Waals surface area contributed by atoms with Crippen molar-refractivity contribution in [3.63, 3.8) is 0 Å². The number of nitrogens with one attached hydrogen (secondary N) is 1. The number of aryl methyl sites for hydroxylation is 1. The number of nitrogens with two attached hydrogens (primary N) is 1. The first-order valence-corrected chi connectivity index (χ1v) is 13.3. The van der Waals surface area contributed by atoms with E-state index in [9.17, 15) is 15.1 Å². The van der Waals surface area contributed by atoms with Crippen LogP contribution in [0.5, 0.6) is 0 Å². The molecule has 0 radical (unpaired) electrons. The minimum absolute atomic E-state index is 0.208. The quantitative estimate of drug-likeness (QED) is 0.253. The molecule has 1 fully saturated rings. The van der Waals surface area contributed by atoms with Gasteiger partial charge in [-0.25, -0.2) is 15.0 Å². The second-order valence-corrected chi connectivity index (χ2v) is 12.0. The van der Waals surface area contributed by atoms with Crippen LogP contribution in [0.4, 0.5) is 11.5 Å². The van der Waals surface area contributed by atoms with Crippen LogP contribution < -0.4 is 16.4 Å². The van der Waals surface area contributed by atoms with Crippen LogP contribution in [0.15, 0.2) is 36.7 Å². The molecule has 1 aliphatic heterocycles.